The smallest absolute Gasteiger partial charge is 0.312 e. The normalized spacial score (nSPS) is 12.1. The molecule has 1 atom stereocenters. The van der Waals surface area contributed by atoms with Crippen LogP contribution in [0.15, 0.2) is 42.6 Å². The van der Waals surface area contributed by atoms with E-state index in [0.717, 1.165) is 5.56 Å². The molecule has 0 amide bonds. The second-order valence-electron chi connectivity index (χ2n) is 4.09. The molecule has 1 heterocycles. The van der Waals surface area contributed by atoms with Gasteiger partial charge in [-0.25, -0.2) is 0 Å². The van der Waals surface area contributed by atoms with E-state index in [0.29, 0.717) is 22.2 Å². The van der Waals surface area contributed by atoms with Crippen LogP contribution >= 0.6 is 23.2 Å². The van der Waals surface area contributed by atoms with Crippen LogP contribution in [-0.4, -0.2) is 16.1 Å². The Bertz CT molecular complexity index is 584. The van der Waals surface area contributed by atoms with E-state index in [1.54, 1.807) is 18.2 Å². The average Bonchev–Trinajstić information content (AvgIpc) is 2.39. The van der Waals surface area contributed by atoms with Crippen LogP contribution in [0.25, 0.3) is 0 Å². The van der Waals surface area contributed by atoms with Gasteiger partial charge in [-0.1, -0.05) is 41.4 Å². The third kappa shape index (κ3) is 3.46. The number of nitrogens with zero attached hydrogens (tertiary/aromatic N) is 1. The molecule has 0 fully saturated rings. The van der Waals surface area contributed by atoms with Crippen LogP contribution < -0.4 is 0 Å². The van der Waals surface area contributed by atoms with Gasteiger partial charge in [0.2, 0.25) is 0 Å². The van der Waals surface area contributed by atoms with Gasteiger partial charge in [0.25, 0.3) is 0 Å². The highest BCUT2D eigenvalue weighted by Gasteiger charge is 2.22. The first-order valence-electron chi connectivity index (χ1n) is 5.65. The lowest BCUT2D eigenvalue weighted by atomic mass is 9.96. The highest BCUT2D eigenvalue weighted by atomic mass is 35.5. The predicted octanol–water partition coefficient (Wildman–Crippen LogP) is 3.80. The maximum atomic E-state index is 11.4. The number of carbonyl (C=O) groups is 1. The molecular weight excluding hydrogens is 285 g/mol. The van der Waals surface area contributed by atoms with E-state index in [-0.39, 0.29) is 0 Å². The second-order valence-corrected chi connectivity index (χ2v) is 4.93. The van der Waals surface area contributed by atoms with Gasteiger partial charge in [-0.3, -0.25) is 9.78 Å². The van der Waals surface area contributed by atoms with Crippen molar-refractivity contribution in [1.29, 1.82) is 0 Å². The summed E-state index contributed by atoms with van der Waals surface area (Å²) < 4.78 is 0. The van der Waals surface area contributed by atoms with Crippen molar-refractivity contribution in [3.63, 3.8) is 0 Å². The molecule has 0 aliphatic rings. The van der Waals surface area contributed by atoms with Gasteiger partial charge in [-0.2, -0.15) is 0 Å². The molecule has 19 heavy (non-hydrogen) atoms. The molecule has 0 radical (unpaired) electrons. The van der Waals surface area contributed by atoms with E-state index in [1.807, 2.05) is 18.2 Å². The summed E-state index contributed by atoms with van der Waals surface area (Å²) in [6.07, 6.45) is 1.74. The van der Waals surface area contributed by atoms with Gasteiger partial charge in [-0.05, 0) is 30.2 Å². The molecule has 0 saturated heterocycles. The molecule has 98 valence electrons. The Labute approximate surface area is 120 Å². The number of aromatic nitrogens is 1. The maximum Gasteiger partial charge on any atom is 0.312 e. The number of halogens is 2. The zero-order valence-corrected chi connectivity index (χ0v) is 11.4. The average molecular weight is 296 g/mol. The number of hydrogen-bond donors (Lipinski definition) is 1. The number of carboxylic acids is 1. The van der Waals surface area contributed by atoms with E-state index in [4.69, 9.17) is 23.2 Å². The Kier molecular flexibility index (Phi) is 4.40. The van der Waals surface area contributed by atoms with Crippen molar-refractivity contribution in [2.45, 2.75) is 12.3 Å². The highest BCUT2D eigenvalue weighted by molar-refractivity contribution is 6.31. The van der Waals surface area contributed by atoms with Crippen molar-refractivity contribution in [3.8, 4) is 0 Å². The number of carboxylic acid groups (broad SMARTS) is 1. The first-order chi connectivity index (χ1) is 9.08. The zero-order chi connectivity index (χ0) is 13.8. The van der Waals surface area contributed by atoms with E-state index < -0.39 is 11.9 Å². The monoisotopic (exact) mass is 295 g/mol. The third-order valence-electron chi connectivity index (χ3n) is 2.79. The summed E-state index contributed by atoms with van der Waals surface area (Å²) in [5.41, 5.74) is 1.25. The fraction of sp³-hybridized carbons (Fsp3) is 0.143. The van der Waals surface area contributed by atoms with Crippen LogP contribution in [0.3, 0.4) is 0 Å². The van der Waals surface area contributed by atoms with Gasteiger partial charge >= 0.3 is 5.97 Å². The molecular formula is C14H11Cl2NO2. The molecule has 5 heteroatoms. The Morgan fingerprint density at radius 3 is 2.53 bits per heavy atom. The van der Waals surface area contributed by atoms with E-state index in [2.05, 4.69) is 4.98 Å². The maximum absolute atomic E-state index is 11.4. The van der Waals surface area contributed by atoms with Crippen molar-refractivity contribution in [2.75, 3.05) is 0 Å². The molecule has 3 nitrogen and oxygen atoms in total. The fourth-order valence-electron chi connectivity index (χ4n) is 1.80. The number of pyridine rings is 1. The number of aliphatic carboxylic acids is 1. The number of hydrogen-bond acceptors (Lipinski definition) is 2. The van der Waals surface area contributed by atoms with Crippen LogP contribution in [0.4, 0.5) is 0 Å². The van der Waals surface area contributed by atoms with Crippen LogP contribution in [0, 0.1) is 0 Å². The molecule has 0 aliphatic heterocycles. The quantitative estimate of drug-likeness (QED) is 0.933. The minimum absolute atomic E-state index is 0.295. The molecule has 1 aromatic carbocycles. The molecule has 0 aliphatic carbocycles. The first-order valence-corrected chi connectivity index (χ1v) is 6.41. The van der Waals surface area contributed by atoms with E-state index in [9.17, 15) is 9.90 Å². The highest BCUT2D eigenvalue weighted by Crippen LogP contribution is 2.25. The minimum Gasteiger partial charge on any atom is -0.481 e. The van der Waals surface area contributed by atoms with Gasteiger partial charge in [0.05, 0.1) is 10.7 Å². The standard InChI is InChI=1S/C14H11Cl2NO2/c15-10-5-6-13(17-8-10)11(14(18)19)7-9-3-1-2-4-12(9)16/h1-6,8,11H,7H2,(H,18,19). The molecule has 1 unspecified atom stereocenters. The van der Waals surface area contributed by atoms with Crippen LogP contribution in [0.1, 0.15) is 17.2 Å². The fourth-order valence-corrected chi connectivity index (χ4v) is 2.12. The van der Waals surface area contributed by atoms with Crippen molar-refractivity contribution in [3.05, 3.63) is 63.9 Å². The Balaban J connectivity index is 2.29. The Morgan fingerprint density at radius 1 is 1.21 bits per heavy atom. The van der Waals surface area contributed by atoms with Gasteiger partial charge in [0, 0.05) is 11.2 Å². The first kappa shape index (κ1) is 13.8. The van der Waals surface area contributed by atoms with Gasteiger partial charge in [0.1, 0.15) is 5.92 Å². The summed E-state index contributed by atoms with van der Waals surface area (Å²) in [7, 11) is 0. The molecule has 0 saturated carbocycles. The van der Waals surface area contributed by atoms with E-state index >= 15 is 0 Å². The summed E-state index contributed by atoms with van der Waals surface area (Å²) in [4.78, 5) is 15.5. The molecule has 1 N–H and O–H groups in total. The van der Waals surface area contributed by atoms with Gasteiger partial charge in [-0.15, -0.1) is 0 Å². The van der Waals surface area contributed by atoms with Crippen LogP contribution in [0.2, 0.25) is 10.0 Å². The molecule has 0 bridgehead atoms. The summed E-state index contributed by atoms with van der Waals surface area (Å²) >= 11 is 11.8. The SMILES string of the molecule is O=C(O)C(Cc1ccccc1Cl)c1ccc(Cl)cn1. The topological polar surface area (TPSA) is 50.2 Å². The summed E-state index contributed by atoms with van der Waals surface area (Å²) in [5, 5.41) is 10.4. The van der Waals surface area contributed by atoms with Crippen molar-refractivity contribution in [2.24, 2.45) is 0 Å². The lowest BCUT2D eigenvalue weighted by Crippen LogP contribution is -2.16. The third-order valence-corrected chi connectivity index (χ3v) is 3.38. The van der Waals surface area contributed by atoms with Crippen LogP contribution in [-0.2, 0) is 11.2 Å². The number of benzene rings is 1. The summed E-state index contributed by atoms with van der Waals surface area (Å²) in [5.74, 6) is -1.67. The Hall–Kier alpha value is -1.58. The lowest BCUT2D eigenvalue weighted by molar-refractivity contribution is -0.138. The second kappa shape index (κ2) is 6.04. The molecule has 2 aromatic rings. The van der Waals surface area contributed by atoms with E-state index in [1.165, 1.54) is 6.20 Å². The Morgan fingerprint density at radius 2 is 1.95 bits per heavy atom. The largest absolute Gasteiger partial charge is 0.481 e. The van der Waals surface area contributed by atoms with Crippen LogP contribution in [0.5, 0.6) is 0 Å². The lowest BCUT2D eigenvalue weighted by Gasteiger charge is -2.13. The zero-order valence-electron chi connectivity index (χ0n) is 9.88. The minimum atomic E-state index is -0.935. The molecule has 2 rings (SSSR count). The van der Waals surface area contributed by atoms with Gasteiger partial charge < -0.3 is 5.11 Å². The molecule has 0 spiro atoms. The van der Waals surface area contributed by atoms with Gasteiger partial charge in [0.15, 0.2) is 0 Å². The predicted molar refractivity (Wildman–Crippen MR) is 74.8 cm³/mol. The van der Waals surface area contributed by atoms with Crippen molar-refractivity contribution < 1.29 is 9.90 Å². The summed E-state index contributed by atoms with van der Waals surface area (Å²) in [6.45, 7) is 0. The van der Waals surface area contributed by atoms with Crippen molar-refractivity contribution in [1.82, 2.24) is 4.98 Å². The molecule has 1 aromatic heterocycles. The van der Waals surface area contributed by atoms with Crippen molar-refractivity contribution >= 4 is 29.2 Å². The summed E-state index contributed by atoms with van der Waals surface area (Å²) in [6, 6.07) is 10.4. The number of rotatable bonds is 4.